The average Bonchev–Trinajstić information content (AvgIpc) is 2.73. The Morgan fingerprint density at radius 1 is 1.06 bits per heavy atom. The predicted molar refractivity (Wildman–Crippen MR) is 126 cm³/mol. The van der Waals surface area contributed by atoms with Gasteiger partial charge in [-0.1, -0.05) is 67.7 Å². The molecule has 2 amide bonds. The number of hydrogen-bond donors (Lipinski definition) is 1. The minimum atomic E-state index is -0.666. The van der Waals surface area contributed by atoms with E-state index in [4.69, 9.17) is 27.9 Å². The second-order valence-corrected chi connectivity index (χ2v) is 8.70. The summed E-state index contributed by atoms with van der Waals surface area (Å²) in [7, 11) is 0. The highest BCUT2D eigenvalue weighted by Gasteiger charge is 2.30. The lowest BCUT2D eigenvalue weighted by molar-refractivity contribution is -0.143. The molecule has 0 aromatic heterocycles. The van der Waals surface area contributed by atoms with Crippen LogP contribution in [0, 0.1) is 12.8 Å². The number of amides is 2. The number of nitrogens with one attached hydrogen (secondary N) is 1. The first-order valence-corrected chi connectivity index (χ1v) is 11.2. The number of nitrogens with zero attached hydrogens (tertiary/aromatic N) is 1. The molecule has 0 saturated heterocycles. The van der Waals surface area contributed by atoms with E-state index >= 15 is 0 Å². The summed E-state index contributed by atoms with van der Waals surface area (Å²) < 4.78 is 5.69. The molecule has 2 aromatic rings. The van der Waals surface area contributed by atoms with Gasteiger partial charge in [-0.3, -0.25) is 9.59 Å². The van der Waals surface area contributed by atoms with E-state index in [-0.39, 0.29) is 25.0 Å². The fourth-order valence-electron chi connectivity index (χ4n) is 3.06. The second kappa shape index (κ2) is 12.0. The van der Waals surface area contributed by atoms with Crippen molar-refractivity contribution in [2.75, 3.05) is 13.2 Å². The molecule has 1 atom stereocenters. The fourth-order valence-corrected chi connectivity index (χ4v) is 3.58. The number of aryl methyl sites for hydroxylation is 1. The molecule has 7 heteroatoms. The van der Waals surface area contributed by atoms with Crippen LogP contribution in [-0.4, -0.2) is 35.9 Å². The normalized spacial score (nSPS) is 11.8. The molecule has 0 fully saturated rings. The number of carbonyl (C=O) groups is 2. The Balaban J connectivity index is 2.25. The van der Waals surface area contributed by atoms with Gasteiger partial charge in [-0.25, -0.2) is 0 Å². The van der Waals surface area contributed by atoms with Crippen LogP contribution in [0.4, 0.5) is 0 Å². The van der Waals surface area contributed by atoms with E-state index < -0.39 is 6.04 Å². The van der Waals surface area contributed by atoms with Gasteiger partial charge in [0.2, 0.25) is 5.91 Å². The molecule has 0 aliphatic rings. The van der Waals surface area contributed by atoms with Crippen molar-refractivity contribution in [3.05, 3.63) is 63.6 Å². The molecule has 31 heavy (non-hydrogen) atoms. The number of ether oxygens (including phenoxy) is 1. The van der Waals surface area contributed by atoms with Crippen molar-refractivity contribution in [1.82, 2.24) is 10.2 Å². The van der Waals surface area contributed by atoms with E-state index in [9.17, 15) is 9.59 Å². The van der Waals surface area contributed by atoms with Gasteiger partial charge in [0.1, 0.15) is 11.8 Å². The zero-order valence-electron chi connectivity index (χ0n) is 18.5. The van der Waals surface area contributed by atoms with Crippen molar-refractivity contribution in [3.63, 3.8) is 0 Å². The number of rotatable bonds is 10. The highest BCUT2D eigenvalue weighted by atomic mass is 35.5. The summed E-state index contributed by atoms with van der Waals surface area (Å²) in [5.74, 6) is 0.367. The Morgan fingerprint density at radius 3 is 2.23 bits per heavy atom. The lowest BCUT2D eigenvalue weighted by Crippen LogP contribution is -2.50. The van der Waals surface area contributed by atoms with Crippen LogP contribution in [-0.2, 0) is 16.1 Å². The van der Waals surface area contributed by atoms with Gasteiger partial charge in [0.05, 0.1) is 0 Å². The third-order valence-corrected chi connectivity index (χ3v) is 5.55. The van der Waals surface area contributed by atoms with Gasteiger partial charge in [0, 0.05) is 28.7 Å². The average molecular weight is 465 g/mol. The van der Waals surface area contributed by atoms with E-state index in [0.29, 0.717) is 40.2 Å². The topological polar surface area (TPSA) is 58.6 Å². The lowest BCUT2D eigenvalue weighted by atomic mass is 10.1. The molecule has 0 unspecified atom stereocenters. The molecule has 0 aliphatic heterocycles. The van der Waals surface area contributed by atoms with Gasteiger partial charge in [0.25, 0.3) is 5.91 Å². The Hall–Kier alpha value is -2.24. The molecule has 2 rings (SSSR count). The Morgan fingerprint density at radius 2 is 1.68 bits per heavy atom. The van der Waals surface area contributed by atoms with Crippen molar-refractivity contribution in [3.8, 4) is 5.75 Å². The second-order valence-electron chi connectivity index (χ2n) is 7.89. The Bertz CT molecular complexity index is 865. The van der Waals surface area contributed by atoms with Gasteiger partial charge < -0.3 is 15.0 Å². The Kier molecular flexibility index (Phi) is 9.66. The molecule has 0 saturated carbocycles. The first-order chi connectivity index (χ1) is 14.7. The molecule has 2 aromatic carbocycles. The highest BCUT2D eigenvalue weighted by molar-refractivity contribution is 6.36. The standard InChI is InChI=1S/C24H30Cl2N2O3/c1-5-22(24(30)27-13-16(2)3)28(14-19-20(25)7-6-8-21(19)26)23(29)15-31-18-11-9-17(4)10-12-18/h6-12,16,22H,5,13-15H2,1-4H3,(H,27,30)/t22-/m0/s1. The lowest BCUT2D eigenvalue weighted by Gasteiger charge is -2.31. The summed E-state index contributed by atoms with van der Waals surface area (Å²) in [6.45, 7) is 8.33. The number of hydrogen-bond acceptors (Lipinski definition) is 3. The molecule has 0 bridgehead atoms. The van der Waals surface area contributed by atoms with Crippen molar-refractivity contribution >= 4 is 35.0 Å². The zero-order chi connectivity index (χ0) is 23.0. The molecular weight excluding hydrogens is 435 g/mol. The van der Waals surface area contributed by atoms with Crippen LogP contribution in [0.3, 0.4) is 0 Å². The Labute approximate surface area is 194 Å². The number of benzene rings is 2. The molecule has 1 N–H and O–H groups in total. The van der Waals surface area contributed by atoms with E-state index in [1.165, 1.54) is 4.90 Å². The maximum absolute atomic E-state index is 13.2. The first kappa shape index (κ1) is 25.0. The molecule has 0 radical (unpaired) electrons. The van der Waals surface area contributed by atoms with E-state index in [2.05, 4.69) is 5.32 Å². The van der Waals surface area contributed by atoms with Gasteiger partial charge in [0.15, 0.2) is 6.61 Å². The van der Waals surface area contributed by atoms with Crippen LogP contribution in [0.1, 0.15) is 38.3 Å². The quantitative estimate of drug-likeness (QED) is 0.521. The number of halogens is 2. The van der Waals surface area contributed by atoms with Gasteiger partial charge in [-0.2, -0.15) is 0 Å². The van der Waals surface area contributed by atoms with Gasteiger partial charge in [-0.15, -0.1) is 0 Å². The predicted octanol–water partition coefficient (Wildman–Crippen LogP) is 5.26. The summed E-state index contributed by atoms with van der Waals surface area (Å²) in [5, 5.41) is 3.82. The summed E-state index contributed by atoms with van der Waals surface area (Å²) in [6.07, 6.45) is 0.447. The summed E-state index contributed by atoms with van der Waals surface area (Å²) in [6, 6.07) is 12.0. The maximum Gasteiger partial charge on any atom is 0.261 e. The zero-order valence-corrected chi connectivity index (χ0v) is 20.0. The van der Waals surface area contributed by atoms with Crippen LogP contribution in [0.2, 0.25) is 10.0 Å². The van der Waals surface area contributed by atoms with Crippen LogP contribution in [0.15, 0.2) is 42.5 Å². The van der Waals surface area contributed by atoms with Gasteiger partial charge >= 0.3 is 0 Å². The van der Waals surface area contributed by atoms with Crippen molar-refractivity contribution in [1.29, 1.82) is 0 Å². The SMILES string of the molecule is CC[C@@H](C(=O)NCC(C)C)N(Cc1c(Cl)cccc1Cl)C(=O)COc1ccc(C)cc1. The third kappa shape index (κ3) is 7.44. The fraction of sp³-hybridized carbons (Fsp3) is 0.417. The maximum atomic E-state index is 13.2. The summed E-state index contributed by atoms with van der Waals surface area (Å²) in [4.78, 5) is 27.6. The minimum absolute atomic E-state index is 0.113. The van der Waals surface area contributed by atoms with E-state index in [0.717, 1.165) is 5.56 Å². The smallest absolute Gasteiger partial charge is 0.261 e. The molecule has 0 heterocycles. The third-order valence-electron chi connectivity index (χ3n) is 4.84. The largest absolute Gasteiger partial charge is 0.484 e. The van der Waals surface area contributed by atoms with Crippen LogP contribution in [0.25, 0.3) is 0 Å². The van der Waals surface area contributed by atoms with Crippen LogP contribution < -0.4 is 10.1 Å². The van der Waals surface area contributed by atoms with Crippen molar-refractivity contribution < 1.29 is 14.3 Å². The van der Waals surface area contributed by atoms with Crippen molar-refractivity contribution in [2.45, 2.75) is 46.7 Å². The number of carbonyl (C=O) groups excluding carboxylic acids is 2. The molecule has 168 valence electrons. The molecule has 0 spiro atoms. The summed E-state index contributed by atoms with van der Waals surface area (Å²) in [5.41, 5.74) is 1.70. The highest BCUT2D eigenvalue weighted by Crippen LogP contribution is 2.27. The summed E-state index contributed by atoms with van der Waals surface area (Å²) >= 11 is 12.7. The van der Waals surface area contributed by atoms with Crippen LogP contribution in [0.5, 0.6) is 5.75 Å². The van der Waals surface area contributed by atoms with E-state index in [1.807, 2.05) is 52.0 Å². The van der Waals surface area contributed by atoms with E-state index in [1.54, 1.807) is 18.2 Å². The molecular formula is C24H30Cl2N2O3. The van der Waals surface area contributed by atoms with Gasteiger partial charge in [-0.05, 0) is 43.5 Å². The molecule has 5 nitrogen and oxygen atoms in total. The van der Waals surface area contributed by atoms with Crippen LogP contribution >= 0.6 is 23.2 Å². The molecule has 0 aliphatic carbocycles. The minimum Gasteiger partial charge on any atom is -0.484 e. The van der Waals surface area contributed by atoms with Crippen molar-refractivity contribution in [2.24, 2.45) is 5.92 Å². The first-order valence-electron chi connectivity index (χ1n) is 10.4. The monoisotopic (exact) mass is 464 g/mol.